The highest BCUT2D eigenvalue weighted by molar-refractivity contribution is 5.85. The number of benzene rings is 1. The lowest BCUT2D eigenvalue weighted by Gasteiger charge is -2.24. The molecule has 3 nitrogen and oxygen atoms in total. The van der Waals surface area contributed by atoms with E-state index in [1.165, 1.54) is 0 Å². The van der Waals surface area contributed by atoms with Gasteiger partial charge in [0.05, 0.1) is 6.07 Å². The highest BCUT2D eigenvalue weighted by atomic mass is 19.1. The predicted octanol–water partition coefficient (Wildman–Crippen LogP) is 3.69. The number of carbonyl (C=O) groups is 1. The van der Waals surface area contributed by atoms with Crippen LogP contribution in [0.4, 0.5) is 8.78 Å². The van der Waals surface area contributed by atoms with Crippen LogP contribution in [0.1, 0.15) is 45.1 Å². The summed E-state index contributed by atoms with van der Waals surface area (Å²) in [5, 5.41) is 11.9. The second-order valence-corrected chi connectivity index (χ2v) is 5.11. The summed E-state index contributed by atoms with van der Waals surface area (Å²) < 4.78 is 26.6. The molecule has 0 fully saturated rings. The van der Waals surface area contributed by atoms with Gasteiger partial charge in [0.1, 0.15) is 17.0 Å². The Balaban J connectivity index is 2.83. The smallest absolute Gasteiger partial charge is 0.240 e. The predicted molar refractivity (Wildman–Crippen MR) is 76.1 cm³/mol. The molecule has 0 aliphatic rings. The molecule has 0 atom stereocenters. The maximum atomic E-state index is 13.5. The number of rotatable bonds is 7. The van der Waals surface area contributed by atoms with Crippen molar-refractivity contribution in [2.24, 2.45) is 5.41 Å². The number of nitriles is 1. The summed E-state index contributed by atoms with van der Waals surface area (Å²) in [4.78, 5) is 12.3. The quantitative estimate of drug-likeness (QED) is 0.833. The van der Waals surface area contributed by atoms with Crippen LogP contribution in [0.25, 0.3) is 0 Å². The molecule has 1 aromatic rings. The van der Waals surface area contributed by atoms with E-state index in [4.69, 9.17) is 0 Å². The molecule has 0 saturated heterocycles. The van der Waals surface area contributed by atoms with Crippen LogP contribution >= 0.6 is 0 Å². The maximum absolute atomic E-state index is 13.5. The molecule has 1 rings (SSSR count). The molecule has 0 aliphatic carbocycles. The number of nitrogens with zero attached hydrogens (tertiary/aromatic N) is 1. The third-order valence-electron chi connectivity index (χ3n) is 3.45. The Bertz CT molecular complexity index is 532. The van der Waals surface area contributed by atoms with Crippen molar-refractivity contribution in [3.8, 4) is 6.07 Å². The van der Waals surface area contributed by atoms with Gasteiger partial charge in [0.25, 0.3) is 0 Å². The first-order valence-corrected chi connectivity index (χ1v) is 7.12. The van der Waals surface area contributed by atoms with Crippen molar-refractivity contribution in [3.63, 3.8) is 0 Å². The highest BCUT2D eigenvalue weighted by Gasteiger charge is 2.36. The Morgan fingerprint density at radius 3 is 2.43 bits per heavy atom. The van der Waals surface area contributed by atoms with Crippen LogP contribution in [0, 0.1) is 28.4 Å². The van der Waals surface area contributed by atoms with Gasteiger partial charge in [-0.1, -0.05) is 26.7 Å². The summed E-state index contributed by atoms with van der Waals surface area (Å²) in [5.41, 5.74) is -1.02. The van der Waals surface area contributed by atoms with E-state index in [-0.39, 0.29) is 12.1 Å². The Labute approximate surface area is 124 Å². The highest BCUT2D eigenvalue weighted by Crippen LogP contribution is 2.29. The van der Waals surface area contributed by atoms with E-state index >= 15 is 0 Å². The van der Waals surface area contributed by atoms with Crippen LogP contribution in [-0.2, 0) is 11.3 Å². The van der Waals surface area contributed by atoms with Crippen molar-refractivity contribution in [2.45, 2.75) is 46.1 Å². The van der Waals surface area contributed by atoms with Gasteiger partial charge in [-0.2, -0.15) is 5.26 Å². The number of hydrogen-bond acceptors (Lipinski definition) is 2. The van der Waals surface area contributed by atoms with Gasteiger partial charge in [0.2, 0.25) is 5.91 Å². The molecular formula is C16H20F2N2O. The molecular weight excluding hydrogens is 274 g/mol. The normalized spacial score (nSPS) is 11.0. The van der Waals surface area contributed by atoms with Gasteiger partial charge in [-0.15, -0.1) is 0 Å². The fraction of sp³-hybridized carbons (Fsp3) is 0.500. The largest absolute Gasteiger partial charge is 0.351 e. The SMILES string of the molecule is CCCC(C#N)(CCC)C(=O)NCc1cc(F)ccc1F. The standard InChI is InChI=1S/C16H20F2N2O/c1-3-7-16(11-19,8-4-2)15(21)20-10-12-9-13(17)5-6-14(12)18/h5-6,9H,3-4,7-8,10H2,1-2H3,(H,20,21). The summed E-state index contributed by atoms with van der Waals surface area (Å²) in [5.74, 6) is -1.56. The third-order valence-corrected chi connectivity index (χ3v) is 3.45. The van der Waals surface area contributed by atoms with E-state index in [0.29, 0.717) is 25.7 Å². The molecule has 0 bridgehead atoms. The van der Waals surface area contributed by atoms with E-state index in [9.17, 15) is 18.8 Å². The average molecular weight is 294 g/mol. The van der Waals surface area contributed by atoms with Crippen LogP contribution < -0.4 is 5.32 Å². The topological polar surface area (TPSA) is 52.9 Å². The average Bonchev–Trinajstić information content (AvgIpc) is 2.47. The number of halogens is 2. The first-order valence-electron chi connectivity index (χ1n) is 7.12. The molecule has 0 aliphatic heterocycles. The van der Waals surface area contributed by atoms with Gasteiger partial charge in [-0.05, 0) is 31.0 Å². The summed E-state index contributed by atoms with van der Waals surface area (Å²) in [6.45, 7) is 3.68. The van der Waals surface area contributed by atoms with Crippen LogP contribution in [0.5, 0.6) is 0 Å². The molecule has 0 spiro atoms. The van der Waals surface area contributed by atoms with Gasteiger partial charge in [-0.3, -0.25) is 4.79 Å². The monoisotopic (exact) mass is 294 g/mol. The molecule has 0 aromatic heterocycles. The lowest BCUT2D eigenvalue weighted by molar-refractivity contribution is -0.129. The molecule has 0 radical (unpaired) electrons. The van der Waals surface area contributed by atoms with E-state index in [2.05, 4.69) is 11.4 Å². The minimum Gasteiger partial charge on any atom is -0.351 e. The van der Waals surface area contributed by atoms with Crippen molar-refractivity contribution in [1.82, 2.24) is 5.32 Å². The first-order chi connectivity index (χ1) is 9.99. The first kappa shape index (κ1) is 17.1. The van der Waals surface area contributed by atoms with Gasteiger partial charge in [0, 0.05) is 12.1 Å². The van der Waals surface area contributed by atoms with Crippen molar-refractivity contribution < 1.29 is 13.6 Å². The van der Waals surface area contributed by atoms with Gasteiger partial charge < -0.3 is 5.32 Å². The zero-order valence-corrected chi connectivity index (χ0v) is 12.4. The Morgan fingerprint density at radius 1 is 1.29 bits per heavy atom. The fourth-order valence-corrected chi connectivity index (χ4v) is 2.39. The summed E-state index contributed by atoms with van der Waals surface area (Å²) in [6.07, 6.45) is 2.31. The second-order valence-electron chi connectivity index (χ2n) is 5.11. The summed E-state index contributed by atoms with van der Waals surface area (Å²) in [6, 6.07) is 5.19. The Hall–Kier alpha value is -1.96. The lowest BCUT2D eigenvalue weighted by Crippen LogP contribution is -2.39. The van der Waals surface area contributed by atoms with Crippen molar-refractivity contribution in [1.29, 1.82) is 5.26 Å². The van der Waals surface area contributed by atoms with E-state index in [1.807, 2.05) is 13.8 Å². The van der Waals surface area contributed by atoms with Crippen molar-refractivity contribution >= 4 is 5.91 Å². The molecule has 1 amide bonds. The zero-order valence-electron chi connectivity index (χ0n) is 12.4. The number of carbonyl (C=O) groups excluding carboxylic acids is 1. The molecule has 5 heteroatoms. The van der Waals surface area contributed by atoms with Crippen LogP contribution in [-0.4, -0.2) is 5.91 Å². The number of amides is 1. The van der Waals surface area contributed by atoms with E-state index in [0.717, 1.165) is 18.2 Å². The second kappa shape index (κ2) is 7.72. The Morgan fingerprint density at radius 2 is 1.90 bits per heavy atom. The van der Waals surface area contributed by atoms with E-state index < -0.39 is 23.0 Å². The molecule has 21 heavy (non-hydrogen) atoms. The third kappa shape index (κ3) is 4.25. The number of hydrogen-bond donors (Lipinski definition) is 1. The molecule has 0 heterocycles. The summed E-state index contributed by atoms with van der Waals surface area (Å²) in [7, 11) is 0. The van der Waals surface area contributed by atoms with Crippen LogP contribution in [0.3, 0.4) is 0 Å². The Kier molecular flexibility index (Phi) is 6.29. The van der Waals surface area contributed by atoms with Crippen molar-refractivity contribution in [2.75, 3.05) is 0 Å². The molecule has 0 saturated carbocycles. The van der Waals surface area contributed by atoms with Crippen LogP contribution in [0.2, 0.25) is 0 Å². The molecule has 0 unspecified atom stereocenters. The molecule has 1 aromatic carbocycles. The van der Waals surface area contributed by atoms with Crippen molar-refractivity contribution in [3.05, 3.63) is 35.4 Å². The zero-order chi connectivity index (χ0) is 15.9. The van der Waals surface area contributed by atoms with Gasteiger partial charge in [-0.25, -0.2) is 8.78 Å². The minimum atomic E-state index is -1.09. The van der Waals surface area contributed by atoms with E-state index in [1.54, 1.807) is 0 Å². The minimum absolute atomic E-state index is 0.0724. The van der Waals surface area contributed by atoms with Gasteiger partial charge >= 0.3 is 0 Å². The summed E-state index contributed by atoms with van der Waals surface area (Å²) >= 11 is 0. The number of nitrogens with one attached hydrogen (secondary N) is 1. The van der Waals surface area contributed by atoms with Crippen LogP contribution in [0.15, 0.2) is 18.2 Å². The maximum Gasteiger partial charge on any atom is 0.240 e. The molecule has 1 N–H and O–H groups in total. The molecule has 114 valence electrons. The van der Waals surface area contributed by atoms with Gasteiger partial charge in [0.15, 0.2) is 0 Å². The fourth-order valence-electron chi connectivity index (χ4n) is 2.39. The lowest BCUT2D eigenvalue weighted by atomic mass is 9.79.